The van der Waals surface area contributed by atoms with Crippen molar-refractivity contribution in [1.29, 1.82) is 0 Å². The number of rotatable bonds is 7. The van der Waals surface area contributed by atoms with Gasteiger partial charge in [0.2, 0.25) is 5.29 Å². The van der Waals surface area contributed by atoms with E-state index in [1.165, 1.54) is 0 Å². The molecule has 10 heteroatoms. The zero-order valence-corrected chi connectivity index (χ0v) is 21.0. The second kappa shape index (κ2) is 10.1. The van der Waals surface area contributed by atoms with Crippen molar-refractivity contribution in [3.63, 3.8) is 0 Å². The first-order valence-electron chi connectivity index (χ1n) is 9.51. The first-order chi connectivity index (χ1) is 14.3. The van der Waals surface area contributed by atoms with Crippen LogP contribution in [0.2, 0.25) is 0 Å². The van der Waals surface area contributed by atoms with Crippen molar-refractivity contribution in [2.24, 2.45) is 9.98 Å². The predicted octanol–water partition coefficient (Wildman–Crippen LogP) is 5.71. The van der Waals surface area contributed by atoms with Gasteiger partial charge in [0.25, 0.3) is 0 Å². The molecule has 1 aromatic heterocycles. The molecule has 7 nitrogen and oxygen atoms in total. The van der Waals surface area contributed by atoms with Crippen LogP contribution in [0, 0.1) is 0 Å². The molecule has 2 aromatic rings. The summed E-state index contributed by atoms with van der Waals surface area (Å²) in [6.45, 7) is 14.7. The van der Waals surface area contributed by atoms with Crippen LogP contribution in [0.3, 0.4) is 0 Å². The van der Waals surface area contributed by atoms with E-state index in [4.69, 9.17) is 27.9 Å². The maximum atomic E-state index is 13.0. The lowest BCUT2D eigenvalue weighted by atomic mass is 10.1. The van der Waals surface area contributed by atoms with Gasteiger partial charge in [-0.1, -0.05) is 17.7 Å². The van der Waals surface area contributed by atoms with Crippen LogP contribution in [0.15, 0.2) is 51.4 Å². The van der Waals surface area contributed by atoms with Crippen molar-refractivity contribution >= 4 is 53.3 Å². The van der Waals surface area contributed by atoms with Crippen LogP contribution >= 0.6 is 30.3 Å². The highest BCUT2D eigenvalue weighted by Gasteiger charge is 2.19. The van der Waals surface area contributed by atoms with E-state index in [0.29, 0.717) is 28.6 Å². The molecule has 168 valence electrons. The van der Waals surface area contributed by atoms with Gasteiger partial charge in [-0.2, -0.15) is 10.1 Å². The number of nitrogens with one attached hydrogen (secondary N) is 1. The highest BCUT2D eigenvalue weighted by molar-refractivity contribution is 7.70. The van der Waals surface area contributed by atoms with Crippen molar-refractivity contribution in [1.82, 2.24) is 9.78 Å². The second-order valence-corrected chi connectivity index (χ2v) is 12.4. The smallest absolute Gasteiger partial charge is 0.223 e. The van der Waals surface area contributed by atoms with Crippen molar-refractivity contribution in [2.45, 2.75) is 40.0 Å². The van der Waals surface area contributed by atoms with E-state index in [-0.39, 0.29) is 10.9 Å². The molecule has 0 unspecified atom stereocenters. The SMILES string of the molecule is C=N/C(Cl)=N\C(Nc1ccc(-c2cnn(COC(C)(C)C)c2)cc1P(C)(C)=O)=C(/C)Cl. The number of allylic oxidation sites excluding steroid dienone is 1. The van der Waals surface area contributed by atoms with Crippen LogP contribution in [0.1, 0.15) is 27.7 Å². The van der Waals surface area contributed by atoms with Gasteiger partial charge in [0.05, 0.1) is 22.5 Å². The second-order valence-electron chi connectivity index (χ2n) is 8.28. The van der Waals surface area contributed by atoms with E-state index in [0.717, 1.165) is 11.1 Å². The third-order valence-electron chi connectivity index (χ3n) is 4.09. The highest BCUT2D eigenvalue weighted by Crippen LogP contribution is 2.39. The van der Waals surface area contributed by atoms with Gasteiger partial charge in [0, 0.05) is 17.1 Å². The van der Waals surface area contributed by atoms with Crippen LogP contribution in [-0.4, -0.2) is 40.7 Å². The first-order valence-corrected chi connectivity index (χ1v) is 12.9. The lowest BCUT2D eigenvalue weighted by molar-refractivity contribution is -0.0479. The molecule has 1 N–H and O–H groups in total. The van der Waals surface area contributed by atoms with Crippen LogP contribution in [0.25, 0.3) is 11.1 Å². The molecule has 0 spiro atoms. The van der Waals surface area contributed by atoms with Crippen LogP contribution < -0.4 is 10.6 Å². The molecular weight excluding hydrogens is 456 g/mol. The minimum absolute atomic E-state index is 0.0539. The fourth-order valence-corrected chi connectivity index (χ4v) is 3.89. The fourth-order valence-electron chi connectivity index (χ4n) is 2.55. The molecule has 0 aliphatic rings. The molecule has 0 saturated carbocycles. The Morgan fingerprint density at radius 3 is 2.52 bits per heavy atom. The molecule has 31 heavy (non-hydrogen) atoms. The molecular formula is C21H28Cl2N5O2P. The van der Waals surface area contributed by atoms with Crippen LogP contribution in [-0.2, 0) is 16.0 Å². The Balaban J connectivity index is 2.41. The summed E-state index contributed by atoms with van der Waals surface area (Å²) in [7, 11) is -2.66. The van der Waals surface area contributed by atoms with Crippen LogP contribution in [0.5, 0.6) is 0 Å². The van der Waals surface area contributed by atoms with Crippen molar-refractivity contribution < 1.29 is 9.30 Å². The van der Waals surface area contributed by atoms with E-state index >= 15 is 0 Å². The summed E-state index contributed by atoms with van der Waals surface area (Å²) in [5.74, 6) is 0.300. The topological polar surface area (TPSA) is 80.9 Å². The van der Waals surface area contributed by atoms with Gasteiger partial charge < -0.3 is 14.6 Å². The molecule has 0 saturated heterocycles. The Kier molecular flexibility index (Phi) is 8.28. The van der Waals surface area contributed by atoms with Gasteiger partial charge in [-0.15, -0.1) is 0 Å². The number of anilines is 1. The maximum absolute atomic E-state index is 13.0. The molecule has 0 radical (unpaired) electrons. The molecule has 2 rings (SSSR count). The number of hydrogen-bond acceptors (Lipinski definition) is 5. The number of ether oxygens (including phenoxy) is 1. The molecule has 0 amide bonds. The first kappa shape index (κ1) is 25.3. The highest BCUT2D eigenvalue weighted by atomic mass is 35.5. The van der Waals surface area contributed by atoms with Gasteiger partial charge in [-0.25, -0.2) is 9.67 Å². The van der Waals surface area contributed by atoms with Crippen molar-refractivity contribution in [3.8, 4) is 11.1 Å². The van der Waals surface area contributed by atoms with E-state index in [1.807, 2.05) is 45.2 Å². The lowest BCUT2D eigenvalue weighted by Gasteiger charge is -2.19. The molecule has 1 aromatic carbocycles. The van der Waals surface area contributed by atoms with E-state index in [1.54, 1.807) is 31.1 Å². The number of nitrogens with zero attached hydrogens (tertiary/aromatic N) is 4. The van der Waals surface area contributed by atoms with Crippen LogP contribution in [0.4, 0.5) is 5.69 Å². The molecule has 0 aliphatic carbocycles. The van der Waals surface area contributed by atoms with E-state index in [9.17, 15) is 4.57 Å². The lowest BCUT2D eigenvalue weighted by Crippen LogP contribution is -2.21. The quantitative estimate of drug-likeness (QED) is 0.236. The minimum Gasteiger partial charge on any atom is -0.354 e. The van der Waals surface area contributed by atoms with Crippen molar-refractivity contribution in [3.05, 3.63) is 41.4 Å². The number of benzene rings is 1. The van der Waals surface area contributed by atoms with Gasteiger partial charge in [0.15, 0.2) is 0 Å². The number of halogens is 2. The molecule has 0 atom stereocenters. The Morgan fingerprint density at radius 1 is 1.29 bits per heavy atom. The normalized spacial score (nSPS) is 13.7. The standard InChI is InChI=1S/C21H28Cl2N5O2P/c1-14(22)19(27-20(23)24-5)26-17-9-8-15(10-18(17)31(6,7)29)16-11-25-28(12-16)13-30-21(2,3)4/h8-12,26H,5,13H2,1-4,6-7H3/b19-14+,27-20-. The van der Waals surface area contributed by atoms with E-state index in [2.05, 4.69) is 27.1 Å². The molecule has 0 bridgehead atoms. The van der Waals surface area contributed by atoms with Gasteiger partial charge in [-0.05, 0) is 77.0 Å². The maximum Gasteiger partial charge on any atom is 0.223 e. The summed E-state index contributed by atoms with van der Waals surface area (Å²) in [5, 5.41) is 8.44. The van der Waals surface area contributed by atoms with Gasteiger partial charge >= 0.3 is 0 Å². The Bertz CT molecular complexity index is 1060. The predicted molar refractivity (Wildman–Crippen MR) is 133 cm³/mol. The monoisotopic (exact) mass is 483 g/mol. The third-order valence-corrected chi connectivity index (χ3v) is 6.00. The Labute approximate surface area is 193 Å². The molecule has 0 fully saturated rings. The van der Waals surface area contributed by atoms with Gasteiger partial charge in [-0.3, -0.25) is 0 Å². The number of amidine groups is 1. The summed E-state index contributed by atoms with van der Waals surface area (Å²) in [6, 6.07) is 5.62. The molecule has 0 aliphatic heterocycles. The summed E-state index contributed by atoms with van der Waals surface area (Å²) >= 11 is 12.0. The zero-order chi connectivity index (χ0) is 23.4. The van der Waals surface area contributed by atoms with Crippen molar-refractivity contribution in [2.75, 3.05) is 18.6 Å². The minimum atomic E-state index is -2.66. The average Bonchev–Trinajstić information content (AvgIpc) is 3.13. The number of hydrogen-bond donors (Lipinski definition) is 1. The van der Waals surface area contributed by atoms with E-state index < -0.39 is 7.14 Å². The summed E-state index contributed by atoms with van der Waals surface area (Å²) in [4.78, 5) is 7.68. The summed E-state index contributed by atoms with van der Waals surface area (Å²) < 4.78 is 20.5. The number of aromatic nitrogens is 2. The largest absolute Gasteiger partial charge is 0.354 e. The number of aliphatic imine (C=N–C) groups is 2. The molecule has 1 heterocycles. The fraction of sp³-hybridized carbons (Fsp3) is 0.381. The third kappa shape index (κ3) is 7.62. The zero-order valence-electron chi connectivity index (χ0n) is 18.6. The van der Waals surface area contributed by atoms with Gasteiger partial charge in [0.1, 0.15) is 19.7 Å². The average molecular weight is 484 g/mol. The Morgan fingerprint density at radius 2 is 1.97 bits per heavy atom. The summed E-state index contributed by atoms with van der Waals surface area (Å²) in [6.07, 6.45) is 3.64. The Hall–Kier alpha value is -1.92. The summed E-state index contributed by atoms with van der Waals surface area (Å²) in [5.41, 5.74) is 2.13.